The van der Waals surface area contributed by atoms with Gasteiger partial charge < -0.3 is 10.6 Å². The van der Waals surface area contributed by atoms with E-state index in [1.807, 2.05) is 13.8 Å². The zero-order valence-electron chi connectivity index (χ0n) is 8.01. The standard InChI is InChI=1S/C8H14N4O/c1-5(2)11-6-4-10-12-7(6)8(13)9-3/h4-5,11H,1-3H3,(H,9,13)(H,10,12). The van der Waals surface area contributed by atoms with Gasteiger partial charge in [0.1, 0.15) is 5.69 Å². The number of anilines is 1. The number of hydrogen-bond donors (Lipinski definition) is 3. The van der Waals surface area contributed by atoms with Gasteiger partial charge in [-0.1, -0.05) is 0 Å². The number of aromatic amines is 1. The van der Waals surface area contributed by atoms with Gasteiger partial charge in [0.05, 0.1) is 11.9 Å². The Morgan fingerprint density at radius 3 is 2.85 bits per heavy atom. The van der Waals surface area contributed by atoms with Crippen molar-refractivity contribution in [3.63, 3.8) is 0 Å². The van der Waals surface area contributed by atoms with E-state index in [1.165, 1.54) is 0 Å². The Morgan fingerprint density at radius 2 is 2.31 bits per heavy atom. The molecule has 1 amide bonds. The maximum absolute atomic E-state index is 11.3. The third-order valence-corrected chi connectivity index (χ3v) is 1.54. The van der Waals surface area contributed by atoms with Gasteiger partial charge in [-0.25, -0.2) is 0 Å². The smallest absolute Gasteiger partial charge is 0.271 e. The number of nitrogens with zero attached hydrogens (tertiary/aromatic N) is 1. The first kappa shape index (κ1) is 9.57. The number of aromatic nitrogens is 2. The van der Waals surface area contributed by atoms with Crippen LogP contribution in [0.25, 0.3) is 0 Å². The summed E-state index contributed by atoms with van der Waals surface area (Å²) in [5.41, 5.74) is 1.20. The second-order valence-electron chi connectivity index (χ2n) is 3.04. The number of amides is 1. The molecule has 0 aromatic carbocycles. The molecule has 0 saturated heterocycles. The molecular formula is C8H14N4O. The fraction of sp³-hybridized carbons (Fsp3) is 0.500. The summed E-state index contributed by atoms with van der Waals surface area (Å²) in [6.07, 6.45) is 1.60. The minimum atomic E-state index is -0.166. The first-order chi connectivity index (χ1) is 6.15. The van der Waals surface area contributed by atoms with Crippen molar-refractivity contribution in [3.05, 3.63) is 11.9 Å². The molecule has 1 aromatic rings. The molecule has 0 spiro atoms. The zero-order chi connectivity index (χ0) is 9.84. The monoisotopic (exact) mass is 182 g/mol. The van der Waals surface area contributed by atoms with Crippen LogP contribution in [0, 0.1) is 0 Å². The molecule has 0 aliphatic rings. The SMILES string of the molecule is CNC(=O)c1[nH]ncc1NC(C)C. The molecule has 5 nitrogen and oxygen atoms in total. The summed E-state index contributed by atoms with van der Waals surface area (Å²) in [6, 6.07) is 0.279. The van der Waals surface area contributed by atoms with Gasteiger partial charge in [0.25, 0.3) is 5.91 Å². The van der Waals surface area contributed by atoms with E-state index >= 15 is 0 Å². The van der Waals surface area contributed by atoms with E-state index in [4.69, 9.17) is 0 Å². The third-order valence-electron chi connectivity index (χ3n) is 1.54. The summed E-state index contributed by atoms with van der Waals surface area (Å²) in [4.78, 5) is 11.3. The van der Waals surface area contributed by atoms with E-state index in [0.717, 1.165) is 5.69 Å². The normalized spacial score (nSPS) is 10.2. The van der Waals surface area contributed by atoms with Crippen LogP contribution < -0.4 is 10.6 Å². The summed E-state index contributed by atoms with van der Waals surface area (Å²) in [5.74, 6) is -0.166. The first-order valence-corrected chi connectivity index (χ1v) is 4.17. The molecular weight excluding hydrogens is 168 g/mol. The van der Waals surface area contributed by atoms with Crippen LogP contribution in [0.15, 0.2) is 6.20 Å². The summed E-state index contributed by atoms with van der Waals surface area (Å²) in [7, 11) is 1.59. The predicted molar refractivity (Wildman–Crippen MR) is 50.7 cm³/mol. The Labute approximate surface area is 76.9 Å². The van der Waals surface area contributed by atoms with Crippen LogP contribution in [0.4, 0.5) is 5.69 Å². The quantitative estimate of drug-likeness (QED) is 0.640. The van der Waals surface area contributed by atoms with Gasteiger partial charge in [0.2, 0.25) is 0 Å². The Kier molecular flexibility index (Phi) is 2.89. The summed E-state index contributed by atoms with van der Waals surface area (Å²) in [5, 5.41) is 12.1. The number of H-pyrrole nitrogens is 1. The second kappa shape index (κ2) is 3.93. The molecule has 0 aliphatic heterocycles. The zero-order valence-corrected chi connectivity index (χ0v) is 8.01. The van der Waals surface area contributed by atoms with Crippen LogP contribution in [0.2, 0.25) is 0 Å². The minimum Gasteiger partial charge on any atom is -0.380 e. The summed E-state index contributed by atoms with van der Waals surface area (Å²) >= 11 is 0. The molecule has 1 rings (SSSR count). The van der Waals surface area contributed by atoms with E-state index in [9.17, 15) is 4.79 Å². The number of hydrogen-bond acceptors (Lipinski definition) is 3. The van der Waals surface area contributed by atoms with E-state index < -0.39 is 0 Å². The topological polar surface area (TPSA) is 69.8 Å². The average molecular weight is 182 g/mol. The molecule has 5 heteroatoms. The lowest BCUT2D eigenvalue weighted by molar-refractivity contribution is 0.0959. The lowest BCUT2D eigenvalue weighted by Gasteiger charge is -2.08. The third kappa shape index (κ3) is 2.21. The van der Waals surface area contributed by atoms with Gasteiger partial charge in [0.15, 0.2) is 0 Å². The maximum atomic E-state index is 11.3. The van der Waals surface area contributed by atoms with Crippen molar-refractivity contribution in [1.82, 2.24) is 15.5 Å². The first-order valence-electron chi connectivity index (χ1n) is 4.17. The molecule has 0 atom stereocenters. The lowest BCUT2D eigenvalue weighted by Crippen LogP contribution is -2.21. The molecule has 1 heterocycles. The van der Waals surface area contributed by atoms with Crippen molar-refractivity contribution >= 4 is 11.6 Å². The predicted octanol–water partition coefficient (Wildman–Crippen LogP) is 0.590. The number of nitrogens with one attached hydrogen (secondary N) is 3. The van der Waals surface area contributed by atoms with Crippen LogP contribution in [0.5, 0.6) is 0 Å². The number of carbonyl (C=O) groups excluding carboxylic acids is 1. The highest BCUT2D eigenvalue weighted by atomic mass is 16.1. The van der Waals surface area contributed by atoms with Gasteiger partial charge in [-0.2, -0.15) is 5.10 Å². The fourth-order valence-corrected chi connectivity index (χ4v) is 1.00. The van der Waals surface area contributed by atoms with E-state index in [0.29, 0.717) is 5.69 Å². The molecule has 0 saturated carbocycles. The van der Waals surface area contributed by atoms with Crippen LogP contribution in [-0.2, 0) is 0 Å². The molecule has 0 unspecified atom stereocenters. The molecule has 3 N–H and O–H groups in total. The Hall–Kier alpha value is -1.52. The molecule has 72 valence electrons. The van der Waals surface area contributed by atoms with Gasteiger partial charge >= 0.3 is 0 Å². The Morgan fingerprint density at radius 1 is 1.62 bits per heavy atom. The van der Waals surface area contributed by atoms with Gasteiger partial charge in [0, 0.05) is 13.1 Å². The van der Waals surface area contributed by atoms with E-state index in [1.54, 1.807) is 13.2 Å². The molecule has 13 heavy (non-hydrogen) atoms. The van der Waals surface area contributed by atoms with Crippen LogP contribution in [0.3, 0.4) is 0 Å². The van der Waals surface area contributed by atoms with Crippen LogP contribution in [-0.4, -0.2) is 29.2 Å². The maximum Gasteiger partial charge on any atom is 0.271 e. The Balaban J connectivity index is 2.83. The Bertz CT molecular complexity index is 292. The average Bonchev–Trinajstić information content (AvgIpc) is 2.50. The molecule has 0 fully saturated rings. The van der Waals surface area contributed by atoms with Crippen LogP contribution >= 0.6 is 0 Å². The van der Waals surface area contributed by atoms with Crippen molar-refractivity contribution in [2.45, 2.75) is 19.9 Å². The highest BCUT2D eigenvalue weighted by Crippen LogP contribution is 2.11. The largest absolute Gasteiger partial charge is 0.380 e. The molecule has 0 aliphatic carbocycles. The summed E-state index contributed by atoms with van der Waals surface area (Å²) < 4.78 is 0. The fourth-order valence-electron chi connectivity index (χ4n) is 1.00. The van der Waals surface area contributed by atoms with Crippen LogP contribution in [0.1, 0.15) is 24.3 Å². The minimum absolute atomic E-state index is 0.166. The molecule has 1 aromatic heterocycles. The van der Waals surface area contributed by atoms with Crippen molar-refractivity contribution < 1.29 is 4.79 Å². The highest BCUT2D eigenvalue weighted by Gasteiger charge is 2.12. The van der Waals surface area contributed by atoms with Crippen molar-refractivity contribution in [2.24, 2.45) is 0 Å². The van der Waals surface area contributed by atoms with Gasteiger partial charge in [-0.05, 0) is 13.8 Å². The number of rotatable bonds is 3. The van der Waals surface area contributed by atoms with Crippen molar-refractivity contribution in [1.29, 1.82) is 0 Å². The van der Waals surface area contributed by atoms with Crippen molar-refractivity contribution in [2.75, 3.05) is 12.4 Å². The van der Waals surface area contributed by atoms with Crippen molar-refractivity contribution in [3.8, 4) is 0 Å². The number of carbonyl (C=O) groups is 1. The summed E-state index contributed by atoms with van der Waals surface area (Å²) in [6.45, 7) is 4.00. The van der Waals surface area contributed by atoms with E-state index in [-0.39, 0.29) is 11.9 Å². The molecule has 0 radical (unpaired) electrons. The molecule has 0 bridgehead atoms. The highest BCUT2D eigenvalue weighted by molar-refractivity contribution is 5.97. The lowest BCUT2D eigenvalue weighted by atomic mass is 10.3. The van der Waals surface area contributed by atoms with E-state index in [2.05, 4.69) is 20.8 Å². The van der Waals surface area contributed by atoms with Gasteiger partial charge in [-0.15, -0.1) is 0 Å². The second-order valence-corrected chi connectivity index (χ2v) is 3.04. The van der Waals surface area contributed by atoms with Gasteiger partial charge in [-0.3, -0.25) is 9.89 Å².